The number of rotatable bonds is 4. The van der Waals surface area contributed by atoms with Crippen molar-refractivity contribution in [1.82, 2.24) is 4.98 Å². The van der Waals surface area contributed by atoms with E-state index in [9.17, 15) is 9.59 Å². The van der Waals surface area contributed by atoms with Crippen LogP contribution in [0.2, 0.25) is 5.02 Å². The molecule has 0 bridgehead atoms. The quantitative estimate of drug-likeness (QED) is 0.806. The molecule has 6 heteroatoms. The second kappa shape index (κ2) is 6.75. The van der Waals surface area contributed by atoms with Crippen LogP contribution < -0.4 is 0 Å². The molecule has 0 unspecified atom stereocenters. The lowest BCUT2D eigenvalue weighted by atomic mass is 10.1. The third-order valence-corrected chi connectivity index (χ3v) is 3.27. The van der Waals surface area contributed by atoms with Crippen LogP contribution in [0.1, 0.15) is 40.3 Å². The maximum absolute atomic E-state index is 12.1. The summed E-state index contributed by atoms with van der Waals surface area (Å²) in [6.07, 6.45) is 0. The van der Waals surface area contributed by atoms with Crippen LogP contribution in [0.25, 0.3) is 10.9 Å². The van der Waals surface area contributed by atoms with Crippen molar-refractivity contribution in [2.45, 2.75) is 20.8 Å². The molecule has 116 valence electrons. The van der Waals surface area contributed by atoms with Crippen molar-refractivity contribution in [2.75, 3.05) is 13.2 Å². The number of aromatic nitrogens is 1. The van der Waals surface area contributed by atoms with Gasteiger partial charge in [-0.3, -0.25) is 0 Å². The Hall–Kier alpha value is -2.14. The highest BCUT2D eigenvalue weighted by Gasteiger charge is 2.23. The number of halogens is 1. The van der Waals surface area contributed by atoms with E-state index in [1.807, 2.05) is 13.0 Å². The molecular weight excluding hydrogens is 306 g/mol. The minimum atomic E-state index is -0.677. The van der Waals surface area contributed by atoms with Gasteiger partial charge < -0.3 is 9.47 Å². The van der Waals surface area contributed by atoms with Crippen molar-refractivity contribution >= 4 is 34.4 Å². The highest BCUT2D eigenvalue weighted by atomic mass is 35.5. The molecule has 0 aliphatic carbocycles. The van der Waals surface area contributed by atoms with Gasteiger partial charge in [0, 0.05) is 5.39 Å². The molecule has 0 saturated carbocycles. The van der Waals surface area contributed by atoms with Crippen LogP contribution in [-0.2, 0) is 9.47 Å². The molecule has 0 radical (unpaired) electrons. The number of carbonyl (C=O) groups is 2. The van der Waals surface area contributed by atoms with Gasteiger partial charge in [-0.05, 0) is 44.5 Å². The second-order valence-electron chi connectivity index (χ2n) is 4.64. The van der Waals surface area contributed by atoms with E-state index in [1.165, 1.54) is 0 Å². The summed E-state index contributed by atoms with van der Waals surface area (Å²) in [5, 5.41) is 1.08. The number of nitrogens with zero attached hydrogens (tertiary/aromatic N) is 1. The van der Waals surface area contributed by atoms with Gasteiger partial charge in [0.15, 0.2) is 5.69 Å². The van der Waals surface area contributed by atoms with Crippen LogP contribution >= 0.6 is 11.6 Å². The van der Waals surface area contributed by atoms with Crippen LogP contribution in [0, 0.1) is 6.92 Å². The van der Waals surface area contributed by atoms with Crippen molar-refractivity contribution in [3.05, 3.63) is 40.0 Å². The topological polar surface area (TPSA) is 65.5 Å². The molecule has 0 amide bonds. The molecule has 2 aromatic rings. The highest BCUT2D eigenvalue weighted by molar-refractivity contribution is 6.35. The maximum Gasteiger partial charge on any atom is 0.357 e. The Morgan fingerprint density at radius 1 is 1.09 bits per heavy atom. The predicted molar refractivity (Wildman–Crippen MR) is 83.4 cm³/mol. The molecule has 1 aromatic heterocycles. The third-order valence-electron chi connectivity index (χ3n) is 2.98. The third kappa shape index (κ3) is 3.20. The molecule has 0 aliphatic heterocycles. The summed E-state index contributed by atoms with van der Waals surface area (Å²) in [4.78, 5) is 28.4. The zero-order chi connectivity index (χ0) is 16.3. The van der Waals surface area contributed by atoms with E-state index in [2.05, 4.69) is 4.98 Å². The number of hydrogen-bond acceptors (Lipinski definition) is 5. The first-order valence-corrected chi connectivity index (χ1v) is 7.30. The number of pyridine rings is 1. The lowest BCUT2D eigenvalue weighted by Crippen LogP contribution is -2.16. The van der Waals surface area contributed by atoms with Crippen LogP contribution in [0.15, 0.2) is 18.2 Å². The van der Waals surface area contributed by atoms with Gasteiger partial charge >= 0.3 is 11.9 Å². The summed E-state index contributed by atoms with van der Waals surface area (Å²) in [5.41, 5.74) is 1.37. The van der Waals surface area contributed by atoms with Gasteiger partial charge in [0.2, 0.25) is 0 Å². The number of carbonyl (C=O) groups excluding carboxylic acids is 2. The van der Waals surface area contributed by atoms with E-state index in [1.54, 1.807) is 26.0 Å². The van der Waals surface area contributed by atoms with Crippen LogP contribution in [0.5, 0.6) is 0 Å². The lowest BCUT2D eigenvalue weighted by Gasteiger charge is -2.10. The minimum absolute atomic E-state index is 0.0782. The van der Waals surface area contributed by atoms with Crippen molar-refractivity contribution in [2.24, 2.45) is 0 Å². The fraction of sp³-hybridized carbons (Fsp3) is 0.312. The molecule has 0 aliphatic rings. The molecule has 0 N–H and O–H groups in total. The Kier molecular flexibility index (Phi) is 4.98. The normalized spacial score (nSPS) is 10.5. The molecule has 22 heavy (non-hydrogen) atoms. The summed E-state index contributed by atoms with van der Waals surface area (Å²) >= 11 is 6.18. The molecule has 1 aromatic carbocycles. The average molecular weight is 322 g/mol. The highest BCUT2D eigenvalue weighted by Crippen LogP contribution is 2.26. The monoisotopic (exact) mass is 321 g/mol. The van der Waals surface area contributed by atoms with Crippen LogP contribution in [0.3, 0.4) is 0 Å². The van der Waals surface area contributed by atoms with E-state index < -0.39 is 11.9 Å². The molecule has 0 atom stereocenters. The Labute approximate surface area is 133 Å². The zero-order valence-electron chi connectivity index (χ0n) is 12.6. The number of hydrogen-bond donors (Lipinski definition) is 0. The molecule has 5 nitrogen and oxygen atoms in total. The van der Waals surface area contributed by atoms with Crippen molar-refractivity contribution < 1.29 is 19.1 Å². The summed E-state index contributed by atoms with van der Waals surface area (Å²) < 4.78 is 9.94. The first kappa shape index (κ1) is 16.2. The first-order valence-electron chi connectivity index (χ1n) is 6.93. The van der Waals surface area contributed by atoms with E-state index in [-0.39, 0.29) is 24.5 Å². The van der Waals surface area contributed by atoms with Gasteiger partial charge in [0.25, 0.3) is 0 Å². The number of fused-ring (bicyclic) bond motifs is 1. The maximum atomic E-state index is 12.1. The SMILES string of the molecule is CCOC(=O)c1cc2cc(C)cc(Cl)c2nc1C(=O)OCC. The summed E-state index contributed by atoms with van der Waals surface area (Å²) in [7, 11) is 0. The minimum Gasteiger partial charge on any atom is -0.462 e. The zero-order valence-corrected chi connectivity index (χ0v) is 13.4. The van der Waals surface area contributed by atoms with Gasteiger partial charge in [0.1, 0.15) is 0 Å². The van der Waals surface area contributed by atoms with Gasteiger partial charge in [-0.1, -0.05) is 11.6 Å². The van der Waals surface area contributed by atoms with E-state index in [0.717, 1.165) is 5.56 Å². The van der Waals surface area contributed by atoms with Crippen molar-refractivity contribution in [3.8, 4) is 0 Å². The van der Waals surface area contributed by atoms with E-state index in [0.29, 0.717) is 15.9 Å². The Bertz CT molecular complexity index is 742. The molecule has 0 saturated heterocycles. The fourth-order valence-electron chi connectivity index (χ4n) is 2.10. The van der Waals surface area contributed by atoms with Gasteiger partial charge in [-0.15, -0.1) is 0 Å². The average Bonchev–Trinajstić information content (AvgIpc) is 2.46. The number of benzene rings is 1. The first-order chi connectivity index (χ1) is 10.5. The lowest BCUT2D eigenvalue weighted by molar-refractivity contribution is 0.0474. The molecule has 2 rings (SSSR count). The van der Waals surface area contributed by atoms with E-state index >= 15 is 0 Å². The largest absolute Gasteiger partial charge is 0.462 e. The van der Waals surface area contributed by atoms with Crippen molar-refractivity contribution in [1.29, 1.82) is 0 Å². The summed E-state index contributed by atoms with van der Waals surface area (Å²) in [6, 6.07) is 5.15. The van der Waals surface area contributed by atoms with Gasteiger partial charge in [-0.25, -0.2) is 14.6 Å². The smallest absolute Gasteiger partial charge is 0.357 e. The predicted octanol–water partition coefficient (Wildman–Crippen LogP) is 3.55. The molecule has 0 spiro atoms. The molecule has 0 fully saturated rings. The summed E-state index contributed by atoms with van der Waals surface area (Å²) in [5.74, 6) is -1.29. The number of esters is 2. The van der Waals surface area contributed by atoms with Crippen molar-refractivity contribution in [3.63, 3.8) is 0 Å². The Morgan fingerprint density at radius 2 is 1.73 bits per heavy atom. The number of ether oxygens (including phenoxy) is 2. The van der Waals surface area contributed by atoms with Gasteiger partial charge in [-0.2, -0.15) is 0 Å². The standard InChI is InChI=1S/C16H16ClNO4/c1-4-21-15(19)11-8-10-6-9(3)7-12(17)13(10)18-14(11)16(20)22-5-2/h6-8H,4-5H2,1-3H3. The van der Waals surface area contributed by atoms with E-state index in [4.69, 9.17) is 21.1 Å². The second-order valence-corrected chi connectivity index (χ2v) is 5.05. The van der Waals surface area contributed by atoms with Crippen LogP contribution in [-0.4, -0.2) is 30.1 Å². The Morgan fingerprint density at radius 3 is 2.36 bits per heavy atom. The van der Waals surface area contributed by atoms with Crippen LogP contribution in [0.4, 0.5) is 0 Å². The number of aryl methyl sites for hydroxylation is 1. The summed E-state index contributed by atoms with van der Waals surface area (Å²) in [6.45, 7) is 5.64. The fourth-order valence-corrected chi connectivity index (χ4v) is 2.43. The molecular formula is C16H16ClNO4. The Balaban J connectivity index is 2.70. The van der Waals surface area contributed by atoms with Gasteiger partial charge in [0.05, 0.1) is 29.3 Å². The molecule has 1 heterocycles.